The summed E-state index contributed by atoms with van der Waals surface area (Å²) >= 11 is 0. The largest absolute Gasteiger partial charge is 0.508 e. The number of aliphatic hydroxyl groups excluding tert-OH is 1. The molecule has 7 rings (SSSR count). The number of nitrogens with one attached hydrogen (secondary N) is 13. The number of ether oxygens (including phenoxy) is 1. The average molecular weight is 1430 g/mol. The van der Waals surface area contributed by atoms with E-state index in [0.717, 1.165) is 0 Å². The number of aromatic amines is 2. The summed E-state index contributed by atoms with van der Waals surface area (Å²) in [7, 11) is 0. The summed E-state index contributed by atoms with van der Waals surface area (Å²) < 4.78 is 6.07. The fourth-order valence-corrected chi connectivity index (χ4v) is 11.6. The van der Waals surface area contributed by atoms with Crippen LogP contribution in [-0.2, 0) is 83.2 Å². The van der Waals surface area contributed by atoms with E-state index in [0.29, 0.717) is 39.7 Å². The van der Waals surface area contributed by atoms with Crippen molar-refractivity contribution in [3.8, 4) is 11.5 Å². The van der Waals surface area contributed by atoms with Crippen LogP contribution in [0, 0.1) is 5.92 Å². The first-order chi connectivity index (χ1) is 48.9. The van der Waals surface area contributed by atoms with Crippen molar-refractivity contribution in [3.05, 3.63) is 114 Å². The zero-order chi connectivity index (χ0) is 75.1. The molecule has 0 saturated carbocycles. The molecular weight excluding hydrogens is 1340 g/mol. The van der Waals surface area contributed by atoms with Gasteiger partial charge in [0.2, 0.25) is 59.1 Å². The van der Waals surface area contributed by atoms with Gasteiger partial charge in [0, 0.05) is 74.2 Å². The number of amides is 13. The number of aliphatic hydroxyl groups is 1. The van der Waals surface area contributed by atoms with Crippen LogP contribution >= 0.6 is 0 Å². The van der Waals surface area contributed by atoms with E-state index < -0.39 is 144 Å². The van der Waals surface area contributed by atoms with Crippen molar-refractivity contribution in [3.63, 3.8) is 0 Å². The molecular formula is C68H93N19O16. The normalized spacial score (nSPS) is 16.6. The predicted molar refractivity (Wildman–Crippen MR) is 372 cm³/mol. The van der Waals surface area contributed by atoms with Gasteiger partial charge in [0.1, 0.15) is 71.9 Å². The Morgan fingerprint density at radius 1 is 0.641 bits per heavy atom. The molecule has 2 aliphatic heterocycles. The zero-order valence-electron chi connectivity index (χ0n) is 57.8. The Balaban J connectivity index is 1.14. The van der Waals surface area contributed by atoms with Crippen molar-refractivity contribution in [1.29, 1.82) is 0 Å². The second kappa shape index (κ2) is 37.4. The van der Waals surface area contributed by atoms with Crippen LogP contribution in [0.4, 0.5) is 4.79 Å². The smallest absolute Gasteiger partial charge is 0.330 e. The van der Waals surface area contributed by atoms with Crippen molar-refractivity contribution in [1.82, 2.24) is 78.6 Å². The minimum absolute atomic E-state index is 0.0177. The molecule has 3 aromatic carbocycles. The van der Waals surface area contributed by atoms with Crippen LogP contribution in [0.15, 0.2) is 96.5 Å². The van der Waals surface area contributed by atoms with E-state index in [1.54, 1.807) is 65.1 Å². The zero-order valence-corrected chi connectivity index (χ0v) is 57.8. The molecule has 556 valence electrons. The standard InChI is InChI=1S/C68H93N19O16/c1-36(2)26-47(57(93)77-46(12-8-24-73-66(69)70)65(101)87-25-9-13-54(87)64(100)85-86-67(71)102)78-63(99)53(34-103-68(3,4)5)84-59(95)49(28-38-16-20-42(90)21-17-38)79-58(94)48(27-37-14-18-41(89)19-15-37)80-62(98)52(33-88)83-60(96)50(29-39-31-74-44-11-7-6-10-43(39)44)81-61(97)51(30-40-32-72-35-75-40)82-56(92)45-22-23-55(91)76-45/h6-7,10-11,14-21,31-32,35-36,45-54,74,88-90H,8-9,12-13,22-30,33-34H2,1-5H3,(H,72,75)(H,76,91)(H,77,93)(H,78,99)(H,79,94)(H,80,98)(H,81,97)(H,82,92)(H,83,96)(H,84,95)(H,85,100)(H4,69,70,73)(H3,71,86,102)/t45-,46-,47-,48-,49-,50-,51-,52-,53+,54-/m0/s1. The molecule has 4 heterocycles. The van der Waals surface area contributed by atoms with E-state index in [9.17, 15) is 63.3 Å². The summed E-state index contributed by atoms with van der Waals surface area (Å²) in [6.07, 6.45) is 4.35. The number of imidazole rings is 1. The number of carbonyl (C=O) groups excluding carboxylic acids is 12. The first-order valence-electron chi connectivity index (χ1n) is 33.7. The third-order valence-corrected chi connectivity index (χ3v) is 16.9. The number of carbonyl (C=O) groups is 12. The van der Waals surface area contributed by atoms with Crippen LogP contribution in [0.1, 0.15) is 102 Å². The quantitative estimate of drug-likeness (QED) is 0.00851. The van der Waals surface area contributed by atoms with Crippen molar-refractivity contribution in [2.45, 2.75) is 171 Å². The minimum Gasteiger partial charge on any atom is -0.508 e. The fraction of sp³-hybridized carbons (Fsp3) is 0.471. The molecule has 5 aromatic rings. The van der Waals surface area contributed by atoms with E-state index in [4.69, 9.17) is 21.9 Å². The maximum Gasteiger partial charge on any atom is 0.330 e. The number of H-pyrrole nitrogens is 2. The third-order valence-electron chi connectivity index (χ3n) is 16.9. The van der Waals surface area contributed by atoms with Crippen molar-refractivity contribution in [2.75, 3.05) is 26.3 Å². The Morgan fingerprint density at radius 2 is 1.17 bits per heavy atom. The Morgan fingerprint density at radius 3 is 1.72 bits per heavy atom. The number of hydrogen-bond acceptors (Lipinski definition) is 18. The second-order valence-electron chi connectivity index (χ2n) is 26.6. The highest BCUT2D eigenvalue weighted by Crippen LogP contribution is 2.23. The first kappa shape index (κ1) is 79.0. The number of guanidine groups is 1. The lowest BCUT2D eigenvalue weighted by atomic mass is 10.0. The number of hydrogen-bond donors (Lipinski definition) is 19. The van der Waals surface area contributed by atoms with E-state index >= 15 is 9.59 Å². The second-order valence-corrected chi connectivity index (χ2v) is 26.6. The van der Waals surface area contributed by atoms with Gasteiger partial charge in [-0.1, -0.05) is 56.3 Å². The van der Waals surface area contributed by atoms with Gasteiger partial charge in [-0.2, -0.15) is 0 Å². The number of aromatic hydroxyl groups is 2. The highest BCUT2D eigenvalue weighted by atomic mass is 16.5. The number of phenolic OH excluding ortho intramolecular Hbond substituents is 2. The number of aromatic nitrogens is 3. The number of phenols is 2. The van der Waals surface area contributed by atoms with Gasteiger partial charge in [-0.15, -0.1) is 0 Å². The summed E-state index contributed by atoms with van der Waals surface area (Å²) in [5.41, 5.74) is 21.9. The number of aliphatic imine (C=N–C) groups is 1. The molecule has 0 unspecified atom stereocenters. The van der Waals surface area contributed by atoms with E-state index in [1.807, 2.05) is 5.43 Å². The van der Waals surface area contributed by atoms with Gasteiger partial charge in [0.25, 0.3) is 5.91 Å². The first-order valence-corrected chi connectivity index (χ1v) is 33.7. The Kier molecular flexibility index (Phi) is 28.6. The van der Waals surface area contributed by atoms with Crippen LogP contribution in [0.5, 0.6) is 11.5 Å². The summed E-state index contributed by atoms with van der Waals surface area (Å²) in [5.74, 6) is -10.00. The molecule has 22 N–H and O–H groups in total. The van der Waals surface area contributed by atoms with Crippen LogP contribution in [0.25, 0.3) is 10.9 Å². The van der Waals surface area contributed by atoms with Gasteiger partial charge < -0.3 is 100.0 Å². The van der Waals surface area contributed by atoms with Gasteiger partial charge in [0.05, 0.1) is 25.1 Å². The molecule has 2 aromatic heterocycles. The molecule has 10 atom stereocenters. The monoisotopic (exact) mass is 1430 g/mol. The topological polar surface area (TPSA) is 545 Å². The van der Waals surface area contributed by atoms with Crippen LogP contribution in [-0.4, -0.2) is 204 Å². The van der Waals surface area contributed by atoms with Gasteiger partial charge in [-0.05, 0) is 112 Å². The van der Waals surface area contributed by atoms with Crippen LogP contribution < -0.4 is 75.9 Å². The molecule has 35 heteroatoms. The Hall–Kier alpha value is -11.4. The van der Waals surface area contributed by atoms with Gasteiger partial charge in [-0.3, -0.25) is 63.2 Å². The number of primary amides is 1. The lowest BCUT2D eigenvalue weighted by Gasteiger charge is -2.31. The molecule has 13 amide bonds. The highest BCUT2D eigenvalue weighted by Gasteiger charge is 2.41. The molecule has 0 spiro atoms. The summed E-state index contributed by atoms with van der Waals surface area (Å²) in [4.78, 5) is 183. The fourth-order valence-electron chi connectivity index (χ4n) is 11.6. The number of hydrazine groups is 1. The van der Waals surface area contributed by atoms with Crippen molar-refractivity contribution >= 4 is 87.9 Å². The molecule has 2 fully saturated rings. The molecule has 2 saturated heterocycles. The number of rotatable bonds is 35. The van der Waals surface area contributed by atoms with Crippen LogP contribution in [0.2, 0.25) is 0 Å². The summed E-state index contributed by atoms with van der Waals surface area (Å²) in [6.45, 7) is 7.15. The molecule has 35 nitrogen and oxygen atoms in total. The number of nitrogens with two attached hydrogens (primary N) is 3. The molecule has 103 heavy (non-hydrogen) atoms. The minimum atomic E-state index is -1.84. The van der Waals surface area contributed by atoms with Crippen molar-refractivity contribution in [2.24, 2.45) is 28.1 Å². The number of urea groups is 1. The maximum atomic E-state index is 15.1. The van der Waals surface area contributed by atoms with E-state index in [2.05, 4.69) is 73.2 Å². The predicted octanol–water partition coefficient (Wildman–Crippen LogP) is -2.67. The number of nitrogens with zero attached hydrogens (tertiary/aromatic N) is 3. The van der Waals surface area contributed by atoms with Gasteiger partial charge in [-0.25, -0.2) is 15.2 Å². The average Bonchev–Trinajstić information content (AvgIpc) is 1.76. The lowest BCUT2D eigenvalue weighted by Crippen LogP contribution is -2.62. The van der Waals surface area contributed by atoms with E-state index in [-0.39, 0.29) is 107 Å². The molecule has 0 bridgehead atoms. The summed E-state index contributed by atoms with van der Waals surface area (Å²) in [5, 5.41) is 55.9. The number of benzene rings is 3. The van der Waals surface area contributed by atoms with Gasteiger partial charge >= 0.3 is 6.03 Å². The number of fused-ring (bicyclic) bond motifs is 1. The third kappa shape index (κ3) is 24.5. The maximum absolute atomic E-state index is 15.1. The SMILES string of the molecule is CC(C)C[C@H](NC(=O)[C@@H](COC(C)(C)C)NC(=O)[C@H](Cc1ccc(O)cc1)NC(=O)[C@H](Cc1ccc(O)cc1)NC(=O)[C@H](CO)NC(=O)[C@H](Cc1c[nH]c2ccccc12)NC(=O)[C@H](Cc1cnc[nH]1)NC(=O)[C@@H]1CCC(=O)N1)C(=O)N[C@@H](CCCN=C(N)N)C(=O)N1CCC[C@H]1C(=O)NNC(N)=O. The van der Waals surface area contributed by atoms with E-state index in [1.165, 1.54) is 66.0 Å². The number of para-hydroxylation sites is 1. The molecule has 0 aliphatic carbocycles. The van der Waals surface area contributed by atoms with Gasteiger partial charge in [0.15, 0.2) is 5.96 Å². The van der Waals surface area contributed by atoms with Crippen LogP contribution in [0.3, 0.4) is 0 Å². The lowest BCUT2D eigenvalue weighted by molar-refractivity contribution is -0.142. The molecule has 2 aliphatic rings. The van der Waals surface area contributed by atoms with Crippen molar-refractivity contribution < 1.29 is 77.6 Å². The Bertz CT molecular complexity index is 3820. The molecule has 0 radical (unpaired) electrons. The summed E-state index contributed by atoms with van der Waals surface area (Å²) in [6, 6.07) is 2.84. The Labute approximate surface area is 592 Å². The number of likely N-dealkylation sites (tertiary alicyclic amines) is 1. The highest BCUT2D eigenvalue weighted by molar-refractivity contribution is 6.00.